The van der Waals surface area contributed by atoms with Crippen molar-refractivity contribution < 1.29 is 28.8 Å². The van der Waals surface area contributed by atoms with E-state index < -0.39 is 0 Å². The van der Waals surface area contributed by atoms with Crippen LogP contribution in [0.15, 0.2) is 232 Å². The van der Waals surface area contributed by atoms with E-state index in [1.807, 2.05) is 70.7 Å². The molecule has 6 aliphatic rings. The molecule has 0 saturated carbocycles. The molecule has 0 N–H and O–H groups in total. The van der Waals surface area contributed by atoms with Crippen molar-refractivity contribution in [2.45, 2.75) is 0 Å². The van der Waals surface area contributed by atoms with Crippen LogP contribution in [0.2, 0.25) is 0 Å². The Bertz CT molecular complexity index is 5160. The predicted octanol–water partition coefficient (Wildman–Crippen LogP) is 18.9. The van der Waals surface area contributed by atoms with Crippen LogP contribution in [0.25, 0.3) is 94.8 Å². The summed E-state index contributed by atoms with van der Waals surface area (Å²) in [5.41, 5.74) is 12.8. The number of carbonyl (C=O) groups is 6. The number of rotatable bonds is 15. The Hall–Kier alpha value is -9.98. The second-order valence-electron chi connectivity index (χ2n) is 24.4. The van der Waals surface area contributed by atoms with E-state index in [0.717, 1.165) is 107 Å². The summed E-state index contributed by atoms with van der Waals surface area (Å²) in [6.07, 6.45) is 0. The van der Waals surface area contributed by atoms with Crippen LogP contribution < -0.4 is 4.90 Å². The Labute approximate surface area is 610 Å². The molecular formula is C78H51N7O6S9. The van der Waals surface area contributed by atoms with Gasteiger partial charge < -0.3 is 34.3 Å². The largest absolute Gasteiger partial charge is 0.311 e. The molecule has 18 rings (SSSR count). The molecule has 6 amide bonds. The Balaban J connectivity index is 0.638. The van der Waals surface area contributed by atoms with Crippen molar-refractivity contribution in [1.82, 2.24) is 29.4 Å². The first-order valence-corrected chi connectivity index (χ1v) is 39.1. The van der Waals surface area contributed by atoms with Gasteiger partial charge >= 0.3 is 0 Å². The van der Waals surface area contributed by atoms with Gasteiger partial charge in [0.15, 0.2) is 0 Å². The van der Waals surface area contributed by atoms with Gasteiger partial charge in [0, 0.05) is 103 Å². The van der Waals surface area contributed by atoms with Gasteiger partial charge in [0.1, 0.15) is 0 Å². The minimum absolute atomic E-state index is 0.176. The van der Waals surface area contributed by atoms with E-state index in [2.05, 4.69) is 132 Å². The molecule has 0 radical (unpaired) electrons. The van der Waals surface area contributed by atoms with Crippen molar-refractivity contribution in [1.29, 1.82) is 0 Å². The molecule has 3 aromatic carbocycles. The molecule has 100 heavy (non-hydrogen) atoms. The summed E-state index contributed by atoms with van der Waals surface area (Å²) < 4.78 is 0. The van der Waals surface area contributed by atoms with Crippen LogP contribution in [0.5, 0.6) is 0 Å². The van der Waals surface area contributed by atoms with Gasteiger partial charge in [0.25, 0.3) is 35.4 Å². The quantitative estimate of drug-likeness (QED) is 0.100. The van der Waals surface area contributed by atoms with E-state index in [4.69, 9.17) is 0 Å². The summed E-state index contributed by atoms with van der Waals surface area (Å²) in [6.45, 7) is 0. The number of carbonyl (C=O) groups excluding carboxylic acids is 6. The molecule has 0 aliphatic carbocycles. The fraction of sp³-hybridized carbons (Fsp3) is 0.0769. The summed E-state index contributed by atoms with van der Waals surface area (Å²) in [5.74, 6) is -1.06. The maximum Gasteiger partial charge on any atom is 0.261 e. The van der Waals surface area contributed by atoms with Gasteiger partial charge in [-0.1, -0.05) is 54.6 Å². The summed E-state index contributed by atoms with van der Waals surface area (Å²) in [7, 11) is 10.5. The number of thiophene rings is 9. The lowest BCUT2D eigenvalue weighted by atomic mass is 10.1. The topological polar surface area (TPSA) is 125 Å². The van der Waals surface area contributed by atoms with Crippen molar-refractivity contribution in [3.8, 4) is 60.6 Å². The Kier molecular flexibility index (Phi) is 14.9. The van der Waals surface area contributed by atoms with Crippen LogP contribution in [-0.4, -0.2) is 107 Å². The highest BCUT2D eigenvalue weighted by molar-refractivity contribution is 7.25. The average Bonchev–Trinajstić information content (AvgIpc) is 1.57. The molecule has 0 fully saturated rings. The van der Waals surface area contributed by atoms with Crippen molar-refractivity contribution in [2.24, 2.45) is 0 Å². The van der Waals surface area contributed by atoms with Gasteiger partial charge in [-0.3, -0.25) is 28.8 Å². The Morgan fingerprint density at radius 1 is 0.220 bits per heavy atom. The smallest absolute Gasteiger partial charge is 0.261 e. The standard InChI is InChI=1S/C78H51N7O6S9/c1-79-67(55-10-7-37-92-55)61-64(76(79)89)70(82(4)73(61)86)58-34-31-52(98-58)49-28-25-46(95-49)40-13-19-43(20-14-40)85(44-21-15-41(16-22-44)47-26-29-50(96-47)53-32-35-59(99-53)71-65-62(74(87)83(71)5)68(80(2)77(65)90)56-11-8-38-93-56)45-23-17-42(18-24-45)48-27-30-51(97-48)54-33-36-60(100-54)72-66-63(75(88)84(72)6)69(81(3)78(66)91)57-12-9-39-94-57/h7-39H,1-6H3. The summed E-state index contributed by atoms with van der Waals surface area (Å²) in [4.78, 5) is 110. The minimum Gasteiger partial charge on any atom is -0.311 e. The van der Waals surface area contributed by atoms with Gasteiger partial charge in [0.2, 0.25) is 0 Å². The SMILES string of the molecule is CN1C(=O)C2=C(c3ccc(-c4ccc(-c5ccc(N(c6ccc(-c7ccc(-c8ccc(C9=C%10C(=O)N(C)C(c%11cccs%11)=C%10C(=O)N9C)s8)s7)cc6)c6ccc(-c7ccc(-c8ccc(C9=C%10C(=O)N(C)C(c%11cccs%11)=C%10C(=O)N9C)s8)s7)cc6)cc5)s4)s3)N(C)C(=O)C2=C1c1cccs1. The van der Waals surface area contributed by atoms with E-state index in [0.29, 0.717) is 67.6 Å². The highest BCUT2D eigenvalue weighted by atomic mass is 32.1. The molecular weight excluding hydrogens is 1420 g/mol. The highest BCUT2D eigenvalue weighted by Crippen LogP contribution is 2.53. The Morgan fingerprint density at radius 3 is 0.620 bits per heavy atom. The van der Waals surface area contributed by atoms with Crippen molar-refractivity contribution in [3.63, 3.8) is 0 Å². The first kappa shape index (κ1) is 62.3. The van der Waals surface area contributed by atoms with Crippen LogP contribution in [0.1, 0.15) is 29.3 Å². The second-order valence-corrected chi connectivity index (χ2v) is 33.8. The molecule has 0 spiro atoms. The summed E-state index contributed by atoms with van der Waals surface area (Å²) >= 11 is 14.4. The van der Waals surface area contributed by atoms with Gasteiger partial charge in [-0.2, -0.15) is 0 Å². The number of hydrogen-bond acceptors (Lipinski definition) is 16. The number of anilines is 3. The number of fused-ring (bicyclic) bond motifs is 3. The monoisotopic (exact) mass is 1470 g/mol. The lowest BCUT2D eigenvalue weighted by molar-refractivity contribution is -0.123. The molecule has 9 aromatic heterocycles. The van der Waals surface area contributed by atoms with Crippen LogP contribution in [0.3, 0.4) is 0 Å². The maximum atomic E-state index is 13.9. The van der Waals surface area contributed by atoms with E-state index in [1.54, 1.807) is 140 Å². The number of hydrogen-bond donors (Lipinski definition) is 0. The third kappa shape index (κ3) is 9.63. The summed E-state index contributed by atoms with van der Waals surface area (Å²) in [6, 6.07) is 62.9. The lowest BCUT2D eigenvalue weighted by Gasteiger charge is -2.26. The third-order valence-corrected chi connectivity index (χ3v) is 28.7. The lowest BCUT2D eigenvalue weighted by Crippen LogP contribution is -2.24. The molecule has 0 bridgehead atoms. The predicted molar refractivity (Wildman–Crippen MR) is 412 cm³/mol. The number of amides is 6. The van der Waals surface area contributed by atoms with Gasteiger partial charge in [-0.25, -0.2) is 0 Å². The number of likely N-dealkylation sites (N-methyl/N-ethyl adjacent to an activating group) is 6. The summed E-state index contributed by atoms with van der Waals surface area (Å²) in [5, 5.41) is 5.87. The van der Waals surface area contributed by atoms with Crippen molar-refractivity contribution in [3.05, 3.63) is 261 Å². The molecule has 12 aromatic rings. The Morgan fingerprint density at radius 2 is 0.410 bits per heavy atom. The van der Waals surface area contributed by atoms with E-state index in [1.165, 1.54) is 34.0 Å². The number of nitrogens with zero attached hydrogens (tertiary/aromatic N) is 7. The minimum atomic E-state index is -0.176. The van der Waals surface area contributed by atoms with Gasteiger partial charge in [-0.15, -0.1) is 102 Å². The molecule has 6 aliphatic heterocycles. The molecule has 0 saturated heterocycles. The fourth-order valence-corrected chi connectivity index (χ4v) is 23.0. The highest BCUT2D eigenvalue weighted by Gasteiger charge is 2.50. The molecule has 488 valence electrons. The fourth-order valence-electron chi connectivity index (χ4n) is 14.0. The van der Waals surface area contributed by atoms with Crippen LogP contribution in [0, 0.1) is 0 Å². The molecule has 0 unspecified atom stereocenters. The molecule has 13 nitrogen and oxygen atoms in total. The van der Waals surface area contributed by atoms with Crippen LogP contribution in [0.4, 0.5) is 17.1 Å². The zero-order chi connectivity index (χ0) is 68.3. The number of benzene rings is 3. The molecule has 0 atom stereocenters. The van der Waals surface area contributed by atoms with Gasteiger partial charge in [-0.05, 0) is 160 Å². The van der Waals surface area contributed by atoms with Crippen LogP contribution >= 0.6 is 102 Å². The van der Waals surface area contributed by atoms with Crippen molar-refractivity contribution in [2.75, 3.05) is 47.2 Å². The second kappa shape index (κ2) is 23.9. The van der Waals surface area contributed by atoms with Crippen LogP contribution in [-0.2, 0) is 28.8 Å². The van der Waals surface area contributed by atoms with Gasteiger partial charge in [0.05, 0.1) is 96.9 Å². The first-order chi connectivity index (χ1) is 48.6. The maximum absolute atomic E-state index is 13.9. The zero-order valence-corrected chi connectivity index (χ0v) is 61.2. The third-order valence-electron chi connectivity index (χ3n) is 18.9. The van der Waals surface area contributed by atoms with E-state index in [-0.39, 0.29) is 35.4 Å². The molecule has 22 heteroatoms. The molecule has 15 heterocycles. The first-order valence-electron chi connectivity index (χ1n) is 31.6. The zero-order valence-electron chi connectivity index (χ0n) is 53.8. The van der Waals surface area contributed by atoms with E-state index >= 15 is 0 Å². The van der Waals surface area contributed by atoms with E-state index in [9.17, 15) is 28.8 Å². The van der Waals surface area contributed by atoms with Crippen molar-refractivity contribution >= 4 is 189 Å². The normalized spacial score (nSPS) is 16.3. The average molecular weight is 1470 g/mol.